The summed E-state index contributed by atoms with van der Waals surface area (Å²) in [7, 11) is 1.12. The molecule has 0 saturated heterocycles. The monoisotopic (exact) mass is 310 g/mol. The van der Waals surface area contributed by atoms with Crippen LogP contribution in [0.25, 0.3) is 0 Å². The Bertz CT molecular complexity index is 526. The number of hydrogen-bond donors (Lipinski definition) is 2. The molecular formula is C11H13F3N2O3S. The predicted molar refractivity (Wildman–Crippen MR) is 69.2 cm³/mol. The highest BCUT2D eigenvalue weighted by molar-refractivity contribution is 7.19. The van der Waals surface area contributed by atoms with Gasteiger partial charge in [-0.25, -0.2) is 4.79 Å². The zero-order valence-electron chi connectivity index (χ0n) is 10.8. The Kier molecular flexibility index (Phi) is 4.98. The van der Waals surface area contributed by atoms with E-state index in [1.807, 2.05) is 0 Å². The van der Waals surface area contributed by atoms with E-state index in [-0.39, 0.29) is 26.9 Å². The second-order valence-electron chi connectivity index (χ2n) is 3.89. The summed E-state index contributed by atoms with van der Waals surface area (Å²) in [6.45, 7) is 0.827. The van der Waals surface area contributed by atoms with Gasteiger partial charge in [0.2, 0.25) is 0 Å². The van der Waals surface area contributed by atoms with Gasteiger partial charge < -0.3 is 15.8 Å². The van der Waals surface area contributed by atoms with Gasteiger partial charge in [0.1, 0.15) is 10.6 Å². The first kappa shape index (κ1) is 16.3. The smallest absolute Gasteiger partial charge is 0.390 e. The first-order valence-electron chi connectivity index (χ1n) is 5.49. The molecule has 1 aromatic heterocycles. The van der Waals surface area contributed by atoms with Crippen LogP contribution in [0.3, 0.4) is 0 Å². The minimum Gasteiger partial charge on any atom is -0.465 e. The summed E-state index contributed by atoms with van der Waals surface area (Å²) in [5, 5.41) is 2.57. The summed E-state index contributed by atoms with van der Waals surface area (Å²) in [6, 6.07) is 0. The summed E-state index contributed by atoms with van der Waals surface area (Å²) in [5.74, 6) is -1.18. The van der Waals surface area contributed by atoms with Crippen molar-refractivity contribution in [1.29, 1.82) is 0 Å². The van der Waals surface area contributed by atoms with Crippen molar-refractivity contribution in [2.75, 3.05) is 24.7 Å². The van der Waals surface area contributed by atoms with Crippen LogP contribution < -0.4 is 11.1 Å². The van der Waals surface area contributed by atoms with Gasteiger partial charge in [-0.3, -0.25) is 4.79 Å². The Labute approximate surface area is 116 Å². The van der Waals surface area contributed by atoms with E-state index in [1.54, 1.807) is 0 Å². The highest BCUT2D eigenvalue weighted by Gasteiger charge is 2.28. The zero-order chi connectivity index (χ0) is 15.5. The van der Waals surface area contributed by atoms with Gasteiger partial charge in [0.25, 0.3) is 0 Å². The number of esters is 1. The number of Topliss-reactive ketones (excluding diaryl/α,β-unsaturated/α-hetero) is 1. The molecule has 0 aliphatic carbocycles. The van der Waals surface area contributed by atoms with Crippen LogP contribution in [0.5, 0.6) is 0 Å². The number of nitrogens with two attached hydrogens (primary N) is 1. The van der Waals surface area contributed by atoms with Crippen molar-refractivity contribution in [3.05, 3.63) is 10.4 Å². The number of alkyl halides is 3. The van der Waals surface area contributed by atoms with Gasteiger partial charge in [-0.2, -0.15) is 13.2 Å². The molecule has 3 N–H and O–H groups in total. The summed E-state index contributed by atoms with van der Waals surface area (Å²) in [5.41, 5.74) is 5.48. The van der Waals surface area contributed by atoms with Gasteiger partial charge in [0.05, 0.1) is 24.1 Å². The molecule has 0 aromatic carbocycles. The van der Waals surface area contributed by atoms with E-state index in [9.17, 15) is 22.8 Å². The second kappa shape index (κ2) is 6.12. The molecule has 0 spiro atoms. The number of thiophene rings is 1. The molecule has 1 heterocycles. The zero-order valence-corrected chi connectivity index (χ0v) is 11.6. The second-order valence-corrected chi connectivity index (χ2v) is 4.91. The van der Waals surface area contributed by atoms with Crippen LogP contribution in [0.1, 0.15) is 33.4 Å². The fourth-order valence-corrected chi connectivity index (χ4v) is 2.48. The molecule has 0 fully saturated rings. The molecule has 0 amide bonds. The van der Waals surface area contributed by atoms with Crippen LogP contribution in [-0.4, -0.2) is 31.6 Å². The molecule has 0 atom stereocenters. The SMILES string of the molecule is COC(=O)c1c(NCCC(F)(F)F)sc(C(C)=O)c1N. The van der Waals surface area contributed by atoms with Gasteiger partial charge in [0.15, 0.2) is 5.78 Å². The molecule has 1 aromatic rings. The van der Waals surface area contributed by atoms with Crippen molar-refractivity contribution < 1.29 is 27.5 Å². The quantitative estimate of drug-likeness (QED) is 0.645. The molecule has 0 bridgehead atoms. The normalized spacial score (nSPS) is 11.2. The predicted octanol–water partition coefficient (Wildman–Crippen LogP) is 2.68. The number of methoxy groups -OCH3 is 1. The molecule has 0 saturated carbocycles. The highest BCUT2D eigenvalue weighted by Crippen LogP contribution is 2.36. The lowest BCUT2D eigenvalue weighted by Gasteiger charge is -2.08. The maximum absolute atomic E-state index is 12.1. The Balaban J connectivity index is 3.02. The Morgan fingerprint density at radius 1 is 1.40 bits per heavy atom. The summed E-state index contributed by atoms with van der Waals surface area (Å²) >= 11 is 0.835. The average molecular weight is 310 g/mol. The number of ether oxygens (including phenoxy) is 1. The van der Waals surface area contributed by atoms with Crippen molar-refractivity contribution in [2.24, 2.45) is 0 Å². The van der Waals surface area contributed by atoms with E-state index in [4.69, 9.17) is 5.73 Å². The molecule has 0 aliphatic heterocycles. The van der Waals surface area contributed by atoms with Gasteiger partial charge in [-0.1, -0.05) is 0 Å². The Morgan fingerprint density at radius 3 is 2.45 bits per heavy atom. The third-order valence-corrected chi connectivity index (χ3v) is 3.61. The minimum absolute atomic E-state index is 0.0798. The summed E-state index contributed by atoms with van der Waals surface area (Å²) in [6.07, 6.45) is -5.38. The van der Waals surface area contributed by atoms with Crippen molar-refractivity contribution in [1.82, 2.24) is 0 Å². The van der Waals surface area contributed by atoms with E-state index in [0.717, 1.165) is 18.4 Å². The number of rotatable bonds is 5. The number of nitrogens with one attached hydrogen (secondary N) is 1. The molecule has 5 nitrogen and oxygen atoms in total. The van der Waals surface area contributed by atoms with E-state index in [1.165, 1.54) is 6.92 Å². The maximum atomic E-state index is 12.1. The molecule has 20 heavy (non-hydrogen) atoms. The lowest BCUT2D eigenvalue weighted by atomic mass is 10.2. The standard InChI is InChI=1S/C11H13F3N2O3S/c1-5(17)8-7(15)6(10(18)19-2)9(20-8)16-4-3-11(12,13)14/h16H,3-4,15H2,1-2H3. The molecule has 9 heteroatoms. The first-order chi connectivity index (χ1) is 9.17. The summed E-state index contributed by atoms with van der Waals surface area (Å²) < 4.78 is 40.8. The molecule has 1 rings (SSSR count). The van der Waals surface area contributed by atoms with Gasteiger partial charge in [0, 0.05) is 13.5 Å². The van der Waals surface area contributed by atoms with Crippen molar-refractivity contribution in [3.8, 4) is 0 Å². The number of carbonyl (C=O) groups is 2. The van der Waals surface area contributed by atoms with E-state index in [2.05, 4.69) is 10.1 Å². The van der Waals surface area contributed by atoms with Crippen LogP contribution >= 0.6 is 11.3 Å². The fourth-order valence-electron chi connectivity index (χ4n) is 1.45. The lowest BCUT2D eigenvalue weighted by molar-refractivity contribution is -0.131. The third kappa shape index (κ3) is 3.86. The van der Waals surface area contributed by atoms with Crippen molar-refractivity contribution >= 4 is 33.8 Å². The lowest BCUT2D eigenvalue weighted by Crippen LogP contribution is -2.15. The van der Waals surface area contributed by atoms with Crippen molar-refractivity contribution in [3.63, 3.8) is 0 Å². The maximum Gasteiger partial charge on any atom is 0.390 e. The van der Waals surface area contributed by atoms with Gasteiger partial charge in [-0.15, -0.1) is 11.3 Å². The number of carbonyl (C=O) groups excluding carboxylic acids is 2. The van der Waals surface area contributed by atoms with E-state index < -0.39 is 25.1 Å². The molecule has 0 aliphatic rings. The number of ketones is 1. The fraction of sp³-hybridized carbons (Fsp3) is 0.455. The molecule has 0 unspecified atom stereocenters. The largest absolute Gasteiger partial charge is 0.465 e. The minimum atomic E-state index is -4.31. The van der Waals surface area contributed by atoms with Crippen LogP contribution in [0.15, 0.2) is 0 Å². The van der Waals surface area contributed by atoms with Crippen LogP contribution in [0.2, 0.25) is 0 Å². The number of nitrogen functional groups attached to an aromatic ring is 1. The van der Waals surface area contributed by atoms with E-state index in [0.29, 0.717) is 0 Å². The number of hydrogen-bond acceptors (Lipinski definition) is 6. The molecule has 112 valence electrons. The first-order valence-corrected chi connectivity index (χ1v) is 6.31. The molecule has 0 radical (unpaired) electrons. The third-order valence-electron chi connectivity index (χ3n) is 2.35. The van der Waals surface area contributed by atoms with Crippen LogP contribution in [0.4, 0.5) is 23.9 Å². The van der Waals surface area contributed by atoms with Gasteiger partial charge in [-0.05, 0) is 0 Å². The topological polar surface area (TPSA) is 81.4 Å². The van der Waals surface area contributed by atoms with Crippen molar-refractivity contribution in [2.45, 2.75) is 19.5 Å². The average Bonchev–Trinajstić information content (AvgIpc) is 2.64. The Morgan fingerprint density at radius 2 is 2.00 bits per heavy atom. The van der Waals surface area contributed by atoms with E-state index >= 15 is 0 Å². The molecular weight excluding hydrogens is 297 g/mol. The summed E-state index contributed by atoms with van der Waals surface area (Å²) in [4.78, 5) is 23.0. The Hall–Kier alpha value is -1.77. The number of halogens is 3. The van der Waals surface area contributed by atoms with Crippen LogP contribution in [-0.2, 0) is 4.74 Å². The van der Waals surface area contributed by atoms with Gasteiger partial charge >= 0.3 is 12.1 Å². The number of anilines is 2. The highest BCUT2D eigenvalue weighted by atomic mass is 32.1. The van der Waals surface area contributed by atoms with Crippen LogP contribution in [0, 0.1) is 0 Å².